The molecule has 0 aliphatic carbocycles. The molecule has 32 heavy (non-hydrogen) atoms. The Morgan fingerprint density at radius 1 is 1.25 bits per heavy atom. The van der Waals surface area contributed by atoms with Crippen molar-refractivity contribution in [1.29, 1.82) is 0 Å². The van der Waals surface area contributed by atoms with E-state index in [0.717, 1.165) is 11.1 Å². The lowest BCUT2D eigenvalue weighted by molar-refractivity contribution is -0.0498. The van der Waals surface area contributed by atoms with Gasteiger partial charge in [0.15, 0.2) is 12.8 Å². The third-order valence-electron chi connectivity index (χ3n) is 4.66. The average Bonchev–Trinajstić information content (AvgIpc) is 2.74. The summed E-state index contributed by atoms with van der Waals surface area (Å²) >= 11 is 0. The second-order valence-corrected chi connectivity index (χ2v) is 7.03. The van der Waals surface area contributed by atoms with Gasteiger partial charge in [0.1, 0.15) is 17.3 Å². The molecule has 0 unspecified atom stereocenters. The normalized spacial score (nSPS) is 13.1. The summed E-state index contributed by atoms with van der Waals surface area (Å²) in [6.07, 6.45) is 0.516. The Labute approximate surface area is 202 Å². The summed E-state index contributed by atoms with van der Waals surface area (Å²) in [5, 5.41) is 3.23. The van der Waals surface area contributed by atoms with Crippen molar-refractivity contribution in [3.05, 3.63) is 58.9 Å². The van der Waals surface area contributed by atoms with Gasteiger partial charge in [-0.05, 0) is 48.7 Å². The molecule has 1 aliphatic rings. The topological polar surface area (TPSA) is 55.3 Å². The van der Waals surface area contributed by atoms with E-state index in [1.807, 2.05) is 18.9 Å². The maximum atomic E-state index is 13.9. The number of fused-ring (bicyclic) bond motifs is 1. The van der Waals surface area contributed by atoms with Crippen LogP contribution >= 0.6 is 24.0 Å². The third-order valence-corrected chi connectivity index (χ3v) is 4.66. The highest BCUT2D eigenvalue weighted by molar-refractivity contribution is 14.0. The summed E-state index contributed by atoms with van der Waals surface area (Å²) in [7, 11) is 1.88. The van der Waals surface area contributed by atoms with Crippen LogP contribution in [0.2, 0.25) is 0 Å². The fourth-order valence-corrected chi connectivity index (χ4v) is 3.32. The SMILES string of the molecule is CCNC(=NCCc1cc(F)cc2c1OCOC2)N(C)Cc1ccc(OC(F)F)cc1.I. The van der Waals surface area contributed by atoms with Crippen LogP contribution < -0.4 is 14.8 Å². The van der Waals surface area contributed by atoms with Gasteiger partial charge in [0.25, 0.3) is 0 Å². The number of nitrogens with one attached hydrogen (secondary N) is 1. The summed E-state index contributed by atoms with van der Waals surface area (Å²) in [5.74, 6) is 1.15. The van der Waals surface area contributed by atoms with Gasteiger partial charge in [0.05, 0.1) is 6.61 Å². The number of hydrogen-bond donors (Lipinski definition) is 1. The van der Waals surface area contributed by atoms with Crippen molar-refractivity contribution in [1.82, 2.24) is 10.2 Å². The van der Waals surface area contributed by atoms with Gasteiger partial charge in [-0.25, -0.2) is 4.39 Å². The zero-order chi connectivity index (χ0) is 22.2. The zero-order valence-electron chi connectivity index (χ0n) is 17.9. The summed E-state index contributed by atoms with van der Waals surface area (Å²) < 4.78 is 53.6. The largest absolute Gasteiger partial charge is 0.467 e. The molecule has 0 aromatic heterocycles. The van der Waals surface area contributed by atoms with E-state index in [1.54, 1.807) is 12.1 Å². The molecule has 1 aliphatic heterocycles. The van der Waals surface area contributed by atoms with Crippen LogP contribution in [0.25, 0.3) is 0 Å². The number of hydrogen-bond acceptors (Lipinski definition) is 4. The van der Waals surface area contributed by atoms with E-state index in [4.69, 9.17) is 9.47 Å². The molecular formula is C22H27F3IN3O3. The highest BCUT2D eigenvalue weighted by Gasteiger charge is 2.17. The smallest absolute Gasteiger partial charge is 0.387 e. The minimum atomic E-state index is -2.84. The highest BCUT2D eigenvalue weighted by atomic mass is 127. The lowest BCUT2D eigenvalue weighted by Crippen LogP contribution is -2.38. The monoisotopic (exact) mass is 565 g/mol. The van der Waals surface area contributed by atoms with E-state index in [9.17, 15) is 13.2 Å². The Kier molecular flexibility index (Phi) is 10.4. The van der Waals surface area contributed by atoms with E-state index in [2.05, 4.69) is 15.0 Å². The molecule has 3 rings (SSSR count). The van der Waals surface area contributed by atoms with Gasteiger partial charge < -0.3 is 24.4 Å². The van der Waals surface area contributed by atoms with E-state index < -0.39 is 6.61 Å². The van der Waals surface area contributed by atoms with E-state index in [-0.39, 0.29) is 42.3 Å². The molecule has 6 nitrogen and oxygen atoms in total. The quantitative estimate of drug-likeness (QED) is 0.289. The molecule has 0 spiro atoms. The molecule has 2 aromatic rings. The molecular weight excluding hydrogens is 538 g/mol. The van der Waals surface area contributed by atoms with E-state index in [1.165, 1.54) is 24.3 Å². The number of ether oxygens (including phenoxy) is 3. The first-order chi connectivity index (χ1) is 15.0. The number of nitrogens with zero attached hydrogens (tertiary/aromatic N) is 2. The zero-order valence-corrected chi connectivity index (χ0v) is 20.3. The van der Waals surface area contributed by atoms with Crippen LogP contribution in [0.1, 0.15) is 23.6 Å². The highest BCUT2D eigenvalue weighted by Crippen LogP contribution is 2.29. The Hall–Kier alpha value is -2.21. The van der Waals surface area contributed by atoms with Crippen LogP contribution in [-0.2, 0) is 24.3 Å². The van der Waals surface area contributed by atoms with Crippen LogP contribution in [-0.4, -0.2) is 44.4 Å². The molecule has 0 saturated carbocycles. The van der Waals surface area contributed by atoms with Crippen LogP contribution in [0.4, 0.5) is 13.2 Å². The predicted molar refractivity (Wildman–Crippen MR) is 126 cm³/mol. The van der Waals surface area contributed by atoms with Crippen LogP contribution in [0.3, 0.4) is 0 Å². The molecule has 0 bridgehead atoms. The Morgan fingerprint density at radius 3 is 2.69 bits per heavy atom. The van der Waals surface area contributed by atoms with Gasteiger partial charge in [-0.15, -0.1) is 24.0 Å². The number of benzene rings is 2. The molecule has 1 N–H and O–H groups in total. The first-order valence-corrected chi connectivity index (χ1v) is 10.0. The van der Waals surface area contributed by atoms with Crippen molar-refractivity contribution in [2.45, 2.75) is 33.1 Å². The molecule has 176 valence electrons. The van der Waals surface area contributed by atoms with Crippen LogP contribution in [0.15, 0.2) is 41.4 Å². The first-order valence-electron chi connectivity index (χ1n) is 10.0. The average molecular weight is 565 g/mol. The van der Waals surface area contributed by atoms with Gasteiger partial charge in [0.2, 0.25) is 0 Å². The molecule has 0 amide bonds. The van der Waals surface area contributed by atoms with Gasteiger partial charge >= 0.3 is 6.61 Å². The summed E-state index contributed by atoms with van der Waals surface area (Å²) in [6.45, 7) is 1.25. The summed E-state index contributed by atoms with van der Waals surface area (Å²) in [6, 6.07) is 9.38. The van der Waals surface area contributed by atoms with Crippen molar-refractivity contribution in [2.24, 2.45) is 4.99 Å². The van der Waals surface area contributed by atoms with Gasteiger partial charge in [0, 0.05) is 32.2 Å². The van der Waals surface area contributed by atoms with Crippen molar-refractivity contribution in [3.8, 4) is 11.5 Å². The third kappa shape index (κ3) is 7.44. The summed E-state index contributed by atoms with van der Waals surface area (Å²) in [4.78, 5) is 6.57. The van der Waals surface area contributed by atoms with Crippen molar-refractivity contribution >= 4 is 29.9 Å². The maximum Gasteiger partial charge on any atom is 0.387 e. The number of alkyl halides is 2. The fraction of sp³-hybridized carbons (Fsp3) is 0.409. The minimum absolute atomic E-state index is 0. The number of aliphatic imine (C=N–C) groups is 1. The predicted octanol–water partition coefficient (Wildman–Crippen LogP) is 4.55. The number of rotatable bonds is 8. The number of halogens is 4. The molecule has 2 aromatic carbocycles. The lowest BCUT2D eigenvalue weighted by Gasteiger charge is -2.23. The van der Waals surface area contributed by atoms with Crippen LogP contribution in [0.5, 0.6) is 11.5 Å². The number of guanidine groups is 1. The van der Waals surface area contributed by atoms with Crippen molar-refractivity contribution in [3.63, 3.8) is 0 Å². The van der Waals surface area contributed by atoms with Gasteiger partial charge in [-0.1, -0.05) is 12.1 Å². The van der Waals surface area contributed by atoms with Crippen molar-refractivity contribution < 1.29 is 27.4 Å². The molecule has 1 heterocycles. The fourth-order valence-electron chi connectivity index (χ4n) is 3.32. The van der Waals surface area contributed by atoms with E-state index >= 15 is 0 Å². The van der Waals surface area contributed by atoms with Gasteiger partial charge in [-0.2, -0.15) is 8.78 Å². The molecule has 0 atom stereocenters. The van der Waals surface area contributed by atoms with Crippen molar-refractivity contribution in [2.75, 3.05) is 26.9 Å². The minimum Gasteiger partial charge on any atom is -0.467 e. The first kappa shape index (κ1) is 26.0. The summed E-state index contributed by atoms with van der Waals surface area (Å²) in [5.41, 5.74) is 2.38. The Bertz CT molecular complexity index is 898. The second kappa shape index (κ2) is 12.7. The standard InChI is InChI=1S/C22H26F3N3O3.HI/c1-3-26-22(28(2)12-15-4-6-19(7-5-15)31-21(24)25)27-9-8-16-10-18(23)11-17-13-29-14-30-20(16)17;/h4-7,10-11,21H,3,8-9,12-14H2,1-2H3,(H,26,27);1H. The molecule has 10 heteroatoms. The lowest BCUT2D eigenvalue weighted by atomic mass is 10.1. The maximum absolute atomic E-state index is 13.9. The Balaban J connectivity index is 0.00000363. The van der Waals surface area contributed by atoms with E-state index in [0.29, 0.717) is 49.9 Å². The van der Waals surface area contributed by atoms with Crippen LogP contribution in [0, 0.1) is 5.82 Å². The van der Waals surface area contributed by atoms with Gasteiger partial charge in [-0.3, -0.25) is 4.99 Å². The molecule has 0 fully saturated rings. The molecule has 0 saturated heterocycles. The second-order valence-electron chi connectivity index (χ2n) is 7.03. The molecule has 0 radical (unpaired) electrons. The Morgan fingerprint density at radius 2 is 2.00 bits per heavy atom.